The Kier molecular flexibility index (Phi) is 2.77. The Balaban J connectivity index is 2.10. The molecule has 1 heterocycles. The number of hydrogen-bond donors (Lipinski definition) is 1. The molecule has 2 atom stereocenters. The number of aromatic nitrogens is 2. The van der Waals surface area contributed by atoms with Gasteiger partial charge in [0, 0.05) is 6.04 Å². The van der Waals surface area contributed by atoms with Crippen molar-refractivity contribution in [1.82, 2.24) is 9.55 Å². The van der Waals surface area contributed by atoms with Gasteiger partial charge in [0.15, 0.2) is 0 Å². The summed E-state index contributed by atoms with van der Waals surface area (Å²) < 4.78 is 2.26. The maximum atomic E-state index is 6.15. The minimum atomic E-state index is 0.528. The van der Waals surface area contributed by atoms with E-state index in [9.17, 15) is 0 Å². The Bertz CT molecular complexity index is 570. The van der Waals surface area contributed by atoms with E-state index in [0.29, 0.717) is 12.0 Å². The SMILES string of the molecule is Cc1cccc2c1nc(N)n2C1CCCC(C)C1. The fraction of sp³-hybridized carbons (Fsp3) is 0.533. The van der Waals surface area contributed by atoms with E-state index in [1.807, 2.05) is 0 Å². The lowest BCUT2D eigenvalue weighted by Crippen LogP contribution is -2.19. The number of nitrogens with zero attached hydrogens (tertiary/aromatic N) is 2. The second kappa shape index (κ2) is 4.30. The minimum Gasteiger partial charge on any atom is -0.369 e. The number of nitrogen functional groups attached to an aromatic ring is 1. The van der Waals surface area contributed by atoms with Gasteiger partial charge in [-0.25, -0.2) is 4.98 Å². The third-order valence-corrected chi connectivity index (χ3v) is 4.22. The van der Waals surface area contributed by atoms with Crippen LogP contribution in [0, 0.1) is 12.8 Å². The van der Waals surface area contributed by atoms with Crippen LogP contribution in [0.1, 0.15) is 44.2 Å². The predicted octanol–water partition coefficient (Wildman–Crippen LogP) is 3.68. The highest BCUT2D eigenvalue weighted by molar-refractivity contribution is 5.81. The Morgan fingerprint density at radius 3 is 2.94 bits per heavy atom. The van der Waals surface area contributed by atoms with Crippen LogP contribution in [0.2, 0.25) is 0 Å². The zero-order chi connectivity index (χ0) is 12.7. The summed E-state index contributed by atoms with van der Waals surface area (Å²) in [5.74, 6) is 1.48. The largest absolute Gasteiger partial charge is 0.369 e. The Hall–Kier alpha value is -1.51. The molecule has 0 aliphatic heterocycles. The van der Waals surface area contributed by atoms with Crippen molar-refractivity contribution in [3.05, 3.63) is 23.8 Å². The van der Waals surface area contributed by atoms with Gasteiger partial charge in [0.25, 0.3) is 0 Å². The van der Waals surface area contributed by atoms with Gasteiger partial charge in [-0.05, 0) is 37.3 Å². The average molecular weight is 243 g/mol. The summed E-state index contributed by atoms with van der Waals surface area (Å²) in [6.45, 7) is 4.44. The van der Waals surface area contributed by atoms with E-state index in [4.69, 9.17) is 5.73 Å². The third kappa shape index (κ3) is 1.78. The lowest BCUT2D eigenvalue weighted by atomic mass is 9.87. The van der Waals surface area contributed by atoms with Crippen LogP contribution in [0.3, 0.4) is 0 Å². The van der Waals surface area contributed by atoms with Crippen molar-refractivity contribution >= 4 is 17.0 Å². The van der Waals surface area contributed by atoms with Gasteiger partial charge >= 0.3 is 0 Å². The molecule has 0 amide bonds. The molecule has 1 aromatic carbocycles. The van der Waals surface area contributed by atoms with Crippen LogP contribution in [0.4, 0.5) is 5.95 Å². The molecule has 2 N–H and O–H groups in total. The van der Waals surface area contributed by atoms with Gasteiger partial charge in [0.1, 0.15) is 0 Å². The number of nitrogens with two attached hydrogens (primary N) is 1. The number of fused-ring (bicyclic) bond motifs is 1. The third-order valence-electron chi connectivity index (χ3n) is 4.22. The molecule has 2 unspecified atom stereocenters. The molecule has 0 saturated heterocycles. The van der Waals surface area contributed by atoms with Crippen LogP contribution in [0.25, 0.3) is 11.0 Å². The molecule has 0 radical (unpaired) electrons. The van der Waals surface area contributed by atoms with E-state index in [0.717, 1.165) is 11.4 Å². The van der Waals surface area contributed by atoms with Gasteiger partial charge in [0.05, 0.1) is 11.0 Å². The summed E-state index contributed by atoms with van der Waals surface area (Å²) in [7, 11) is 0. The van der Waals surface area contributed by atoms with E-state index in [1.54, 1.807) is 0 Å². The highest BCUT2D eigenvalue weighted by Gasteiger charge is 2.23. The number of hydrogen-bond acceptors (Lipinski definition) is 2. The number of benzene rings is 1. The molecule has 3 rings (SSSR count). The second-order valence-corrected chi connectivity index (χ2v) is 5.71. The first-order valence-electron chi connectivity index (χ1n) is 6.90. The van der Waals surface area contributed by atoms with E-state index < -0.39 is 0 Å². The van der Waals surface area contributed by atoms with E-state index in [2.05, 4.69) is 41.6 Å². The summed E-state index contributed by atoms with van der Waals surface area (Å²) in [6, 6.07) is 6.87. The molecule has 1 aliphatic carbocycles. The first kappa shape index (κ1) is 11.6. The molecule has 3 nitrogen and oxygen atoms in total. The molecule has 96 valence electrons. The van der Waals surface area contributed by atoms with Crippen molar-refractivity contribution in [2.75, 3.05) is 5.73 Å². The van der Waals surface area contributed by atoms with Crippen molar-refractivity contribution in [3.8, 4) is 0 Å². The van der Waals surface area contributed by atoms with Crippen LogP contribution >= 0.6 is 0 Å². The molecule has 1 fully saturated rings. The Labute approximate surface area is 108 Å². The summed E-state index contributed by atoms with van der Waals surface area (Å²) in [5.41, 5.74) is 9.62. The molecule has 1 saturated carbocycles. The fourth-order valence-electron chi connectivity index (χ4n) is 3.30. The van der Waals surface area contributed by atoms with E-state index >= 15 is 0 Å². The summed E-state index contributed by atoms with van der Waals surface area (Å²) >= 11 is 0. The highest BCUT2D eigenvalue weighted by Crippen LogP contribution is 2.36. The molecule has 18 heavy (non-hydrogen) atoms. The number of rotatable bonds is 1. The fourth-order valence-corrected chi connectivity index (χ4v) is 3.30. The summed E-state index contributed by atoms with van der Waals surface area (Å²) in [6.07, 6.45) is 5.11. The second-order valence-electron chi connectivity index (χ2n) is 5.71. The highest BCUT2D eigenvalue weighted by atomic mass is 15.2. The summed E-state index contributed by atoms with van der Waals surface area (Å²) in [5, 5.41) is 0. The zero-order valence-electron chi connectivity index (χ0n) is 11.2. The quantitative estimate of drug-likeness (QED) is 0.830. The topological polar surface area (TPSA) is 43.8 Å². The molecule has 1 aromatic heterocycles. The number of anilines is 1. The van der Waals surface area contributed by atoms with Crippen LogP contribution in [-0.2, 0) is 0 Å². The summed E-state index contributed by atoms with van der Waals surface area (Å²) in [4.78, 5) is 4.55. The predicted molar refractivity (Wildman–Crippen MR) is 75.6 cm³/mol. The van der Waals surface area contributed by atoms with E-state index in [1.165, 1.54) is 36.8 Å². The van der Waals surface area contributed by atoms with Crippen LogP contribution in [-0.4, -0.2) is 9.55 Å². The first-order valence-corrected chi connectivity index (χ1v) is 6.90. The van der Waals surface area contributed by atoms with Gasteiger partial charge in [0.2, 0.25) is 5.95 Å². The zero-order valence-corrected chi connectivity index (χ0v) is 11.2. The monoisotopic (exact) mass is 243 g/mol. The standard InChI is InChI=1S/C15H21N3/c1-10-5-3-7-12(9-10)18-13-8-4-6-11(2)14(13)17-15(18)16/h4,6,8,10,12H,3,5,7,9H2,1-2H3,(H2,16,17). The van der Waals surface area contributed by atoms with Gasteiger partial charge in [-0.1, -0.05) is 31.9 Å². The van der Waals surface area contributed by atoms with Crippen molar-refractivity contribution in [3.63, 3.8) is 0 Å². The molecular weight excluding hydrogens is 222 g/mol. The van der Waals surface area contributed by atoms with E-state index in [-0.39, 0.29) is 0 Å². The minimum absolute atomic E-state index is 0.528. The first-order chi connectivity index (χ1) is 8.66. The van der Waals surface area contributed by atoms with Crippen molar-refractivity contribution in [2.24, 2.45) is 5.92 Å². The van der Waals surface area contributed by atoms with Crippen molar-refractivity contribution < 1.29 is 0 Å². The average Bonchev–Trinajstić information content (AvgIpc) is 2.67. The maximum absolute atomic E-state index is 6.15. The van der Waals surface area contributed by atoms with Crippen LogP contribution in [0.5, 0.6) is 0 Å². The molecule has 2 aromatic rings. The Morgan fingerprint density at radius 2 is 2.17 bits per heavy atom. The van der Waals surface area contributed by atoms with Gasteiger partial charge in [-0.15, -0.1) is 0 Å². The molecule has 0 spiro atoms. The van der Waals surface area contributed by atoms with Crippen molar-refractivity contribution in [2.45, 2.75) is 45.6 Å². The lowest BCUT2D eigenvalue weighted by Gasteiger charge is -2.28. The Morgan fingerprint density at radius 1 is 1.33 bits per heavy atom. The molecule has 0 bridgehead atoms. The van der Waals surface area contributed by atoms with Crippen LogP contribution < -0.4 is 5.73 Å². The molecule has 3 heteroatoms. The van der Waals surface area contributed by atoms with Gasteiger partial charge < -0.3 is 10.3 Å². The normalized spacial score (nSPS) is 24.6. The smallest absolute Gasteiger partial charge is 0.201 e. The van der Waals surface area contributed by atoms with Crippen molar-refractivity contribution in [1.29, 1.82) is 0 Å². The number of para-hydroxylation sites is 1. The number of aryl methyl sites for hydroxylation is 1. The molecule has 1 aliphatic rings. The van der Waals surface area contributed by atoms with Gasteiger partial charge in [-0.3, -0.25) is 0 Å². The number of imidazole rings is 1. The van der Waals surface area contributed by atoms with Crippen LogP contribution in [0.15, 0.2) is 18.2 Å². The maximum Gasteiger partial charge on any atom is 0.201 e. The molecular formula is C15H21N3. The van der Waals surface area contributed by atoms with Gasteiger partial charge in [-0.2, -0.15) is 0 Å². The lowest BCUT2D eigenvalue weighted by molar-refractivity contribution is 0.289.